The first kappa shape index (κ1) is 14.7. The molecule has 0 atom stereocenters. The van der Waals surface area contributed by atoms with Crippen LogP contribution in [0.25, 0.3) is 0 Å². The normalized spacial score (nSPS) is 10.2. The zero-order valence-corrected chi connectivity index (χ0v) is 11.9. The molecule has 0 saturated heterocycles. The van der Waals surface area contributed by atoms with Crippen molar-refractivity contribution in [2.75, 3.05) is 11.9 Å². The number of nitro benzene ring substituents is 1. The van der Waals surface area contributed by atoms with E-state index in [9.17, 15) is 10.1 Å². The maximum absolute atomic E-state index is 11.1. The molecule has 0 aliphatic carbocycles. The molecule has 0 spiro atoms. The highest BCUT2D eigenvalue weighted by Gasteiger charge is 2.18. The second-order valence-corrected chi connectivity index (χ2v) is 4.43. The number of ether oxygens (including phenoxy) is 1. The topological polar surface area (TPSA) is 90.2 Å². The van der Waals surface area contributed by atoms with Crippen molar-refractivity contribution in [3.8, 4) is 11.6 Å². The molecule has 2 aromatic rings. The third-order valence-electron chi connectivity index (χ3n) is 2.76. The van der Waals surface area contributed by atoms with Crippen molar-refractivity contribution in [2.24, 2.45) is 0 Å². The Morgan fingerprint density at radius 2 is 2.19 bits per heavy atom. The number of para-hydroxylation sites is 1. The minimum absolute atomic E-state index is 0.0864. The molecule has 1 aromatic carbocycles. The van der Waals surface area contributed by atoms with E-state index in [1.54, 1.807) is 31.3 Å². The molecule has 1 N–H and O–H groups in total. The van der Waals surface area contributed by atoms with E-state index in [0.29, 0.717) is 11.5 Å². The third-order valence-corrected chi connectivity index (χ3v) is 2.76. The summed E-state index contributed by atoms with van der Waals surface area (Å²) in [6, 6.07) is 6.33. The molecule has 0 aliphatic heterocycles. The van der Waals surface area contributed by atoms with Crippen molar-refractivity contribution in [2.45, 2.75) is 20.3 Å². The summed E-state index contributed by atoms with van der Waals surface area (Å²) in [7, 11) is 0. The Kier molecular flexibility index (Phi) is 4.65. The highest BCUT2D eigenvalue weighted by atomic mass is 16.6. The average Bonchev–Trinajstić information content (AvgIpc) is 2.47. The number of aryl methyl sites for hydroxylation is 1. The van der Waals surface area contributed by atoms with Crippen LogP contribution >= 0.6 is 0 Å². The van der Waals surface area contributed by atoms with Crippen LogP contribution in [0.2, 0.25) is 0 Å². The second-order valence-electron chi connectivity index (χ2n) is 4.43. The summed E-state index contributed by atoms with van der Waals surface area (Å²) >= 11 is 0. The maximum atomic E-state index is 11.1. The fraction of sp³-hybridized carbons (Fsp3) is 0.286. The molecule has 1 aromatic heterocycles. The van der Waals surface area contributed by atoms with E-state index < -0.39 is 4.92 Å². The van der Waals surface area contributed by atoms with Gasteiger partial charge < -0.3 is 10.1 Å². The van der Waals surface area contributed by atoms with Gasteiger partial charge in [0.1, 0.15) is 0 Å². The van der Waals surface area contributed by atoms with Crippen molar-refractivity contribution in [3.63, 3.8) is 0 Å². The standard InChI is InChI=1S/C14H16N4O3/c1-3-8-15-14-16-9-7-12(17-14)21-13-10(2)5-4-6-11(13)18(19)20/h4-7,9H,3,8H2,1-2H3,(H,15,16,17). The zero-order valence-electron chi connectivity index (χ0n) is 11.9. The van der Waals surface area contributed by atoms with E-state index in [1.807, 2.05) is 6.92 Å². The lowest BCUT2D eigenvalue weighted by molar-refractivity contribution is -0.385. The monoisotopic (exact) mass is 288 g/mol. The number of nitrogens with zero attached hydrogens (tertiary/aromatic N) is 3. The molecule has 1 heterocycles. The molecular formula is C14H16N4O3. The van der Waals surface area contributed by atoms with Crippen LogP contribution in [0.3, 0.4) is 0 Å². The molecule has 0 bridgehead atoms. The fourth-order valence-corrected chi connectivity index (χ4v) is 1.74. The highest BCUT2D eigenvalue weighted by Crippen LogP contribution is 2.33. The molecule has 0 saturated carbocycles. The van der Waals surface area contributed by atoms with E-state index >= 15 is 0 Å². The number of hydrogen-bond acceptors (Lipinski definition) is 6. The van der Waals surface area contributed by atoms with Gasteiger partial charge in [-0.2, -0.15) is 4.98 Å². The first-order chi connectivity index (χ1) is 10.1. The maximum Gasteiger partial charge on any atom is 0.311 e. The molecular weight excluding hydrogens is 272 g/mol. The van der Waals surface area contributed by atoms with Crippen LogP contribution in [0.15, 0.2) is 30.5 Å². The number of benzene rings is 1. The second kappa shape index (κ2) is 6.65. The molecule has 110 valence electrons. The number of rotatable bonds is 6. The van der Waals surface area contributed by atoms with Crippen LogP contribution in [0, 0.1) is 17.0 Å². The van der Waals surface area contributed by atoms with Crippen molar-refractivity contribution in [3.05, 3.63) is 46.1 Å². The lowest BCUT2D eigenvalue weighted by Crippen LogP contribution is -2.04. The summed E-state index contributed by atoms with van der Waals surface area (Å²) in [6.45, 7) is 4.53. The minimum atomic E-state index is -0.472. The number of nitrogens with one attached hydrogen (secondary N) is 1. The summed E-state index contributed by atoms with van der Waals surface area (Å²) in [4.78, 5) is 18.8. The molecule has 7 heteroatoms. The molecule has 0 radical (unpaired) electrons. The van der Waals surface area contributed by atoms with Gasteiger partial charge in [-0.25, -0.2) is 4.98 Å². The Morgan fingerprint density at radius 1 is 1.38 bits per heavy atom. The van der Waals surface area contributed by atoms with Crippen LogP contribution in [-0.2, 0) is 0 Å². The molecule has 2 rings (SSSR count). The molecule has 0 unspecified atom stereocenters. The Balaban J connectivity index is 2.28. The van der Waals surface area contributed by atoms with Gasteiger partial charge in [-0.15, -0.1) is 0 Å². The van der Waals surface area contributed by atoms with Crippen molar-refractivity contribution < 1.29 is 9.66 Å². The van der Waals surface area contributed by atoms with Gasteiger partial charge >= 0.3 is 5.69 Å². The van der Waals surface area contributed by atoms with E-state index in [2.05, 4.69) is 15.3 Å². The quantitative estimate of drug-likeness (QED) is 0.647. The SMILES string of the molecule is CCCNc1nccc(Oc2c(C)cccc2[N+](=O)[O-])n1. The third kappa shape index (κ3) is 3.65. The summed E-state index contributed by atoms with van der Waals surface area (Å²) in [6.07, 6.45) is 2.49. The number of aromatic nitrogens is 2. The van der Waals surface area contributed by atoms with Crippen molar-refractivity contribution >= 4 is 11.6 Å². The Hall–Kier alpha value is -2.70. The minimum Gasteiger partial charge on any atom is -0.431 e. The summed E-state index contributed by atoms with van der Waals surface area (Å²) in [5.74, 6) is 0.897. The van der Waals surface area contributed by atoms with Gasteiger partial charge in [0.25, 0.3) is 0 Å². The Labute approximate surface area is 122 Å². The van der Waals surface area contributed by atoms with Crippen LogP contribution in [0.4, 0.5) is 11.6 Å². The number of hydrogen-bond donors (Lipinski definition) is 1. The van der Waals surface area contributed by atoms with Gasteiger partial charge in [-0.05, 0) is 18.9 Å². The average molecular weight is 288 g/mol. The summed E-state index contributed by atoms with van der Waals surface area (Å²) in [5, 5.41) is 14.1. The van der Waals surface area contributed by atoms with Crippen LogP contribution in [0.1, 0.15) is 18.9 Å². The van der Waals surface area contributed by atoms with Crippen LogP contribution < -0.4 is 10.1 Å². The molecule has 7 nitrogen and oxygen atoms in total. The smallest absolute Gasteiger partial charge is 0.311 e. The predicted octanol–water partition coefficient (Wildman–Crippen LogP) is 3.31. The number of nitro groups is 1. The summed E-state index contributed by atoms with van der Waals surface area (Å²) in [5.41, 5.74) is 0.586. The zero-order chi connectivity index (χ0) is 15.2. The van der Waals surface area contributed by atoms with E-state index in [1.165, 1.54) is 6.07 Å². The van der Waals surface area contributed by atoms with Gasteiger partial charge in [0.05, 0.1) is 4.92 Å². The molecule has 21 heavy (non-hydrogen) atoms. The van der Waals surface area contributed by atoms with Gasteiger partial charge in [-0.1, -0.05) is 19.1 Å². The first-order valence-electron chi connectivity index (χ1n) is 6.60. The van der Waals surface area contributed by atoms with E-state index in [0.717, 1.165) is 13.0 Å². The largest absolute Gasteiger partial charge is 0.431 e. The lowest BCUT2D eigenvalue weighted by Gasteiger charge is -2.09. The number of anilines is 1. The van der Waals surface area contributed by atoms with Gasteiger partial charge in [0, 0.05) is 24.9 Å². The molecule has 0 aliphatic rings. The van der Waals surface area contributed by atoms with E-state index in [4.69, 9.17) is 4.74 Å². The highest BCUT2D eigenvalue weighted by molar-refractivity contribution is 5.52. The van der Waals surface area contributed by atoms with Gasteiger partial charge in [0.2, 0.25) is 17.6 Å². The Morgan fingerprint density at radius 3 is 2.90 bits per heavy atom. The summed E-state index contributed by atoms with van der Waals surface area (Å²) < 4.78 is 5.59. The van der Waals surface area contributed by atoms with Crippen LogP contribution in [-0.4, -0.2) is 21.4 Å². The molecule has 0 fully saturated rings. The first-order valence-corrected chi connectivity index (χ1v) is 6.60. The predicted molar refractivity (Wildman–Crippen MR) is 78.7 cm³/mol. The van der Waals surface area contributed by atoms with Crippen molar-refractivity contribution in [1.29, 1.82) is 0 Å². The fourth-order valence-electron chi connectivity index (χ4n) is 1.74. The van der Waals surface area contributed by atoms with Gasteiger partial charge in [0.15, 0.2) is 0 Å². The molecule has 0 amide bonds. The lowest BCUT2D eigenvalue weighted by atomic mass is 10.2. The van der Waals surface area contributed by atoms with Crippen LogP contribution in [0.5, 0.6) is 11.6 Å². The Bertz CT molecular complexity index is 646. The van der Waals surface area contributed by atoms with Crippen molar-refractivity contribution in [1.82, 2.24) is 9.97 Å². The van der Waals surface area contributed by atoms with E-state index in [-0.39, 0.29) is 17.3 Å². The van der Waals surface area contributed by atoms with Gasteiger partial charge in [-0.3, -0.25) is 10.1 Å².